The van der Waals surface area contributed by atoms with E-state index in [2.05, 4.69) is 6.07 Å². The van der Waals surface area contributed by atoms with E-state index < -0.39 is 0 Å². The molecule has 1 atom stereocenters. The number of hydrogen-bond donors (Lipinski definition) is 1. The Hall–Kier alpha value is -0.890. The molecule has 0 aromatic heterocycles. The second-order valence-corrected chi connectivity index (χ2v) is 3.35. The Kier molecular flexibility index (Phi) is 1.85. The van der Waals surface area contributed by atoms with Gasteiger partial charge >= 0.3 is 0 Å². The van der Waals surface area contributed by atoms with Crippen LogP contribution in [0.25, 0.3) is 0 Å². The Morgan fingerprint density at radius 3 is 2.83 bits per heavy atom. The third kappa shape index (κ3) is 1.48. The summed E-state index contributed by atoms with van der Waals surface area (Å²) < 4.78 is 12.7. The highest BCUT2D eigenvalue weighted by atomic mass is 19.1. The molecular weight excluding hydrogens is 153 g/mol. The fourth-order valence-electron chi connectivity index (χ4n) is 1.38. The van der Waals surface area contributed by atoms with Gasteiger partial charge in [0, 0.05) is 6.04 Å². The third-order valence-electron chi connectivity index (χ3n) is 2.29. The minimum Gasteiger partial charge on any atom is -0.324 e. The zero-order valence-electron chi connectivity index (χ0n) is 6.76. The maximum absolute atomic E-state index is 12.7. The fourth-order valence-corrected chi connectivity index (χ4v) is 1.38. The zero-order chi connectivity index (χ0) is 8.55. The van der Waals surface area contributed by atoms with Crippen molar-refractivity contribution in [3.05, 3.63) is 35.6 Å². The van der Waals surface area contributed by atoms with Crippen molar-refractivity contribution >= 4 is 0 Å². The molecular formula is C10H11FN. The van der Waals surface area contributed by atoms with E-state index in [9.17, 15) is 4.39 Å². The van der Waals surface area contributed by atoms with E-state index in [1.807, 2.05) is 0 Å². The van der Waals surface area contributed by atoms with Crippen LogP contribution in [0.15, 0.2) is 18.2 Å². The molecule has 1 aromatic rings. The van der Waals surface area contributed by atoms with E-state index >= 15 is 0 Å². The van der Waals surface area contributed by atoms with Gasteiger partial charge in [-0.15, -0.1) is 0 Å². The van der Waals surface area contributed by atoms with Gasteiger partial charge in [0.25, 0.3) is 0 Å². The lowest BCUT2D eigenvalue weighted by atomic mass is 10.0. The van der Waals surface area contributed by atoms with Gasteiger partial charge < -0.3 is 5.73 Å². The quantitative estimate of drug-likeness (QED) is 0.711. The van der Waals surface area contributed by atoms with Crippen molar-refractivity contribution in [3.63, 3.8) is 0 Å². The lowest BCUT2D eigenvalue weighted by Crippen LogP contribution is -2.12. The fraction of sp³-hybridized carbons (Fsp3) is 0.400. The number of halogens is 1. The molecule has 1 aliphatic rings. The Morgan fingerprint density at radius 2 is 2.25 bits per heavy atom. The molecule has 1 nitrogen and oxygen atoms in total. The molecule has 63 valence electrons. The Labute approximate surface area is 71.4 Å². The molecule has 0 spiro atoms. The van der Waals surface area contributed by atoms with Gasteiger partial charge in [0.1, 0.15) is 5.82 Å². The first-order valence-electron chi connectivity index (χ1n) is 4.19. The van der Waals surface area contributed by atoms with E-state index in [0.717, 1.165) is 5.56 Å². The minimum absolute atomic E-state index is 0.0111. The second kappa shape index (κ2) is 2.87. The zero-order valence-corrected chi connectivity index (χ0v) is 6.76. The predicted molar refractivity (Wildman–Crippen MR) is 44.9 cm³/mol. The first kappa shape index (κ1) is 7.74. The summed E-state index contributed by atoms with van der Waals surface area (Å²) in [7, 11) is 0. The summed E-state index contributed by atoms with van der Waals surface area (Å²) in [5.74, 6) is 0.323. The minimum atomic E-state index is -0.247. The van der Waals surface area contributed by atoms with Gasteiger partial charge in [-0.25, -0.2) is 4.39 Å². The van der Waals surface area contributed by atoms with Crippen LogP contribution in [0.3, 0.4) is 0 Å². The van der Waals surface area contributed by atoms with Crippen molar-refractivity contribution in [2.75, 3.05) is 0 Å². The van der Waals surface area contributed by atoms with Crippen LogP contribution in [-0.4, -0.2) is 0 Å². The van der Waals surface area contributed by atoms with Crippen molar-refractivity contribution in [1.82, 2.24) is 0 Å². The van der Waals surface area contributed by atoms with Gasteiger partial charge in [-0.1, -0.05) is 0 Å². The standard InChI is InChI=1S/C10H11FN/c11-9-3-1-2-8(6-9)10(12)7-4-5-7/h2-3,6-7,10H,4-5,12H2. The number of rotatable bonds is 2. The third-order valence-corrected chi connectivity index (χ3v) is 2.29. The van der Waals surface area contributed by atoms with Gasteiger partial charge in [-0.05, 0) is 48.6 Å². The molecule has 1 radical (unpaired) electrons. The van der Waals surface area contributed by atoms with E-state index in [1.54, 1.807) is 6.07 Å². The molecule has 0 aliphatic heterocycles. The maximum Gasteiger partial charge on any atom is 0.124 e. The van der Waals surface area contributed by atoms with E-state index in [-0.39, 0.29) is 11.9 Å². The molecule has 1 fully saturated rings. The molecule has 0 saturated heterocycles. The van der Waals surface area contributed by atoms with Gasteiger partial charge in [-0.3, -0.25) is 0 Å². The highest BCUT2D eigenvalue weighted by Gasteiger charge is 2.29. The molecule has 1 aromatic carbocycles. The first-order chi connectivity index (χ1) is 5.77. The van der Waals surface area contributed by atoms with E-state index in [0.29, 0.717) is 5.92 Å². The highest BCUT2D eigenvalue weighted by Crippen LogP contribution is 2.39. The van der Waals surface area contributed by atoms with Crippen LogP contribution in [0.2, 0.25) is 0 Å². The van der Waals surface area contributed by atoms with Crippen LogP contribution in [0, 0.1) is 17.8 Å². The smallest absolute Gasteiger partial charge is 0.124 e. The van der Waals surface area contributed by atoms with Gasteiger partial charge in [0.05, 0.1) is 0 Å². The molecule has 2 heteroatoms. The Bertz CT molecular complexity index is 281. The average Bonchev–Trinajstić information content (AvgIpc) is 2.85. The number of nitrogens with two attached hydrogens (primary N) is 1. The van der Waals surface area contributed by atoms with Gasteiger partial charge in [-0.2, -0.15) is 0 Å². The second-order valence-electron chi connectivity index (χ2n) is 3.35. The Balaban J connectivity index is 2.20. The summed E-state index contributed by atoms with van der Waals surface area (Å²) in [5.41, 5.74) is 6.76. The predicted octanol–water partition coefficient (Wildman–Crippen LogP) is 2.04. The maximum atomic E-state index is 12.7. The topological polar surface area (TPSA) is 26.0 Å². The van der Waals surface area contributed by atoms with Crippen molar-refractivity contribution in [3.8, 4) is 0 Å². The number of benzene rings is 1. The normalized spacial score (nSPS) is 19.2. The summed E-state index contributed by atoms with van der Waals surface area (Å²) in [6.45, 7) is 0. The van der Waals surface area contributed by atoms with Gasteiger partial charge in [0.2, 0.25) is 0 Å². The van der Waals surface area contributed by atoms with Crippen LogP contribution >= 0.6 is 0 Å². The van der Waals surface area contributed by atoms with Gasteiger partial charge in [0.15, 0.2) is 0 Å². The summed E-state index contributed by atoms with van der Waals surface area (Å²) >= 11 is 0. The molecule has 0 amide bonds. The van der Waals surface area contributed by atoms with E-state index in [4.69, 9.17) is 5.73 Å². The summed E-state index contributed by atoms with van der Waals surface area (Å²) in [6, 6.07) is 7.34. The molecule has 1 unspecified atom stereocenters. The first-order valence-corrected chi connectivity index (χ1v) is 4.19. The van der Waals surface area contributed by atoms with Crippen molar-refractivity contribution in [1.29, 1.82) is 0 Å². The van der Waals surface area contributed by atoms with Crippen LogP contribution in [0.5, 0.6) is 0 Å². The number of hydrogen-bond acceptors (Lipinski definition) is 1. The molecule has 2 N–H and O–H groups in total. The average molecular weight is 164 g/mol. The SMILES string of the molecule is NC(c1c[c]cc(F)c1)C1CC1. The molecule has 0 heterocycles. The Morgan fingerprint density at radius 1 is 1.50 bits per heavy atom. The van der Waals surface area contributed by atoms with E-state index in [1.165, 1.54) is 25.0 Å². The van der Waals surface area contributed by atoms with Crippen LogP contribution in [-0.2, 0) is 0 Å². The summed E-state index contributed by atoms with van der Waals surface area (Å²) in [6.07, 6.45) is 2.36. The summed E-state index contributed by atoms with van der Waals surface area (Å²) in [4.78, 5) is 0. The lowest BCUT2D eigenvalue weighted by Gasteiger charge is -2.09. The molecule has 0 bridgehead atoms. The monoisotopic (exact) mass is 164 g/mol. The van der Waals surface area contributed by atoms with Crippen LogP contribution in [0.4, 0.5) is 4.39 Å². The summed E-state index contributed by atoms with van der Waals surface area (Å²) in [5, 5.41) is 0. The largest absolute Gasteiger partial charge is 0.324 e. The molecule has 2 rings (SSSR count). The highest BCUT2D eigenvalue weighted by molar-refractivity contribution is 5.20. The van der Waals surface area contributed by atoms with Crippen molar-refractivity contribution < 1.29 is 4.39 Å². The van der Waals surface area contributed by atoms with Crippen LogP contribution in [0.1, 0.15) is 24.4 Å². The molecule has 1 saturated carbocycles. The molecule has 12 heavy (non-hydrogen) atoms. The lowest BCUT2D eigenvalue weighted by molar-refractivity contribution is 0.601. The molecule has 1 aliphatic carbocycles. The van der Waals surface area contributed by atoms with Crippen LogP contribution < -0.4 is 5.73 Å². The van der Waals surface area contributed by atoms with Crippen molar-refractivity contribution in [2.45, 2.75) is 18.9 Å². The van der Waals surface area contributed by atoms with Crippen molar-refractivity contribution in [2.24, 2.45) is 11.7 Å².